The quantitative estimate of drug-likeness (QED) is 0.632. The van der Waals surface area contributed by atoms with Gasteiger partial charge in [-0.25, -0.2) is 0 Å². The van der Waals surface area contributed by atoms with E-state index in [0.717, 1.165) is 45.9 Å². The molecule has 1 aromatic carbocycles. The molecule has 0 saturated heterocycles. The summed E-state index contributed by atoms with van der Waals surface area (Å²) in [5.74, 6) is 0. The SMILES string of the molecule is CC1=CN(CCCn2c(=S)[nH]c3sc(C)c(-c4ccccc4)c3c2=O)CN1. The second-order valence-corrected chi connectivity index (χ2v) is 8.41. The van der Waals surface area contributed by atoms with Crippen molar-refractivity contribution in [3.05, 3.63) is 62.2 Å². The number of benzene rings is 1. The van der Waals surface area contributed by atoms with Gasteiger partial charge in [-0.05, 0) is 38.0 Å². The Labute approximate surface area is 167 Å². The molecule has 0 fully saturated rings. The van der Waals surface area contributed by atoms with E-state index < -0.39 is 0 Å². The first-order chi connectivity index (χ1) is 13.0. The molecule has 3 aromatic rings. The summed E-state index contributed by atoms with van der Waals surface area (Å²) in [6, 6.07) is 10.1. The van der Waals surface area contributed by atoms with Gasteiger partial charge in [0, 0.05) is 35.4 Å². The van der Waals surface area contributed by atoms with Crippen LogP contribution in [-0.4, -0.2) is 27.7 Å². The van der Waals surface area contributed by atoms with Gasteiger partial charge in [0.25, 0.3) is 5.56 Å². The molecule has 0 radical (unpaired) electrons. The van der Waals surface area contributed by atoms with Gasteiger partial charge in [-0.15, -0.1) is 11.3 Å². The van der Waals surface area contributed by atoms with Crippen molar-refractivity contribution in [2.24, 2.45) is 0 Å². The zero-order valence-corrected chi connectivity index (χ0v) is 17.0. The van der Waals surface area contributed by atoms with E-state index in [2.05, 4.69) is 47.4 Å². The van der Waals surface area contributed by atoms with Crippen LogP contribution in [-0.2, 0) is 6.54 Å². The minimum absolute atomic E-state index is 0.00298. The van der Waals surface area contributed by atoms with Crippen LogP contribution in [0.15, 0.2) is 47.0 Å². The zero-order valence-electron chi connectivity index (χ0n) is 15.4. The van der Waals surface area contributed by atoms with Crippen LogP contribution in [0.2, 0.25) is 0 Å². The van der Waals surface area contributed by atoms with E-state index in [1.807, 2.05) is 18.2 Å². The second-order valence-electron chi connectivity index (χ2n) is 6.80. The lowest BCUT2D eigenvalue weighted by molar-refractivity contribution is 0.370. The van der Waals surface area contributed by atoms with E-state index >= 15 is 0 Å². The molecule has 0 spiro atoms. The molecule has 3 heterocycles. The topological polar surface area (TPSA) is 53.1 Å². The van der Waals surface area contributed by atoms with Crippen LogP contribution in [0.4, 0.5) is 0 Å². The first-order valence-electron chi connectivity index (χ1n) is 9.02. The third-order valence-corrected chi connectivity index (χ3v) is 6.18. The summed E-state index contributed by atoms with van der Waals surface area (Å²) in [5.41, 5.74) is 3.26. The Morgan fingerprint density at radius 1 is 1.19 bits per heavy atom. The van der Waals surface area contributed by atoms with Crippen LogP contribution in [0.5, 0.6) is 0 Å². The van der Waals surface area contributed by atoms with Crippen molar-refractivity contribution in [3.8, 4) is 11.1 Å². The van der Waals surface area contributed by atoms with Gasteiger partial charge in [0.1, 0.15) is 4.83 Å². The monoisotopic (exact) mass is 398 g/mol. The van der Waals surface area contributed by atoms with Crippen molar-refractivity contribution in [2.75, 3.05) is 13.2 Å². The van der Waals surface area contributed by atoms with Crippen LogP contribution >= 0.6 is 23.6 Å². The fourth-order valence-corrected chi connectivity index (χ4v) is 4.96. The first kappa shape index (κ1) is 18.0. The minimum Gasteiger partial charge on any atom is -0.370 e. The molecular formula is C20H22N4OS2. The number of rotatable bonds is 5. The number of hydrogen-bond donors (Lipinski definition) is 2. The maximum Gasteiger partial charge on any atom is 0.263 e. The molecule has 7 heteroatoms. The summed E-state index contributed by atoms with van der Waals surface area (Å²) in [6.45, 7) is 6.43. The van der Waals surface area contributed by atoms with Crippen molar-refractivity contribution in [1.29, 1.82) is 0 Å². The third-order valence-electron chi connectivity index (χ3n) is 4.84. The maximum absolute atomic E-state index is 13.3. The number of allylic oxidation sites excluding steroid dienone is 1. The molecule has 0 amide bonds. The highest BCUT2D eigenvalue weighted by Crippen LogP contribution is 2.35. The molecule has 0 saturated carbocycles. The molecule has 2 aromatic heterocycles. The Morgan fingerprint density at radius 3 is 2.67 bits per heavy atom. The van der Waals surface area contributed by atoms with E-state index in [9.17, 15) is 4.79 Å². The molecule has 140 valence electrons. The fraction of sp³-hybridized carbons (Fsp3) is 0.300. The Morgan fingerprint density at radius 2 is 1.96 bits per heavy atom. The summed E-state index contributed by atoms with van der Waals surface area (Å²) in [4.78, 5) is 20.8. The number of aromatic amines is 1. The number of nitrogens with one attached hydrogen (secondary N) is 2. The standard InChI is InChI=1S/C20H22N4OS2/c1-13-11-23(12-21-13)9-6-10-24-19(25)17-16(15-7-4-3-5-8-15)14(2)27-18(17)22-20(24)26/h3-5,7-8,11,21H,6,9-10,12H2,1-2H3,(H,22,26). The molecule has 0 bridgehead atoms. The van der Waals surface area contributed by atoms with Crippen molar-refractivity contribution < 1.29 is 0 Å². The van der Waals surface area contributed by atoms with Crippen LogP contribution < -0.4 is 10.9 Å². The number of H-pyrrole nitrogens is 1. The highest BCUT2D eigenvalue weighted by Gasteiger charge is 2.17. The second kappa shape index (κ2) is 7.32. The molecule has 1 aliphatic heterocycles. The lowest BCUT2D eigenvalue weighted by Gasteiger charge is -2.15. The largest absolute Gasteiger partial charge is 0.370 e. The molecule has 2 N–H and O–H groups in total. The van der Waals surface area contributed by atoms with E-state index in [1.54, 1.807) is 15.9 Å². The van der Waals surface area contributed by atoms with Gasteiger partial charge < -0.3 is 15.2 Å². The molecule has 1 aliphatic rings. The van der Waals surface area contributed by atoms with Gasteiger partial charge >= 0.3 is 0 Å². The summed E-state index contributed by atoms with van der Waals surface area (Å²) in [7, 11) is 0. The van der Waals surface area contributed by atoms with Crippen molar-refractivity contribution in [2.45, 2.75) is 26.8 Å². The van der Waals surface area contributed by atoms with Crippen LogP contribution in [0, 0.1) is 11.7 Å². The van der Waals surface area contributed by atoms with Gasteiger partial charge in [0.2, 0.25) is 0 Å². The van der Waals surface area contributed by atoms with Gasteiger partial charge in [0.15, 0.2) is 4.77 Å². The summed E-state index contributed by atoms with van der Waals surface area (Å²) in [6.07, 6.45) is 2.97. The summed E-state index contributed by atoms with van der Waals surface area (Å²) in [5, 5.41) is 4.03. The lowest BCUT2D eigenvalue weighted by Crippen LogP contribution is -2.26. The van der Waals surface area contributed by atoms with Crippen molar-refractivity contribution in [1.82, 2.24) is 19.8 Å². The third kappa shape index (κ3) is 3.44. The van der Waals surface area contributed by atoms with Gasteiger partial charge in [-0.2, -0.15) is 0 Å². The van der Waals surface area contributed by atoms with E-state index in [0.29, 0.717) is 11.3 Å². The van der Waals surface area contributed by atoms with Crippen LogP contribution in [0.25, 0.3) is 21.3 Å². The fourth-order valence-electron chi connectivity index (χ4n) is 3.55. The first-order valence-corrected chi connectivity index (χ1v) is 10.2. The van der Waals surface area contributed by atoms with Gasteiger partial charge in [-0.3, -0.25) is 9.36 Å². The number of aryl methyl sites for hydroxylation is 1. The molecule has 4 rings (SSSR count). The molecule has 5 nitrogen and oxygen atoms in total. The smallest absolute Gasteiger partial charge is 0.263 e. The predicted octanol–water partition coefficient (Wildman–Crippen LogP) is 4.21. The number of thiophene rings is 1. The molecule has 0 atom stereocenters. The normalized spacial score (nSPS) is 13.9. The van der Waals surface area contributed by atoms with Crippen molar-refractivity contribution in [3.63, 3.8) is 0 Å². The van der Waals surface area contributed by atoms with Gasteiger partial charge in [-0.1, -0.05) is 30.3 Å². The Hall–Kier alpha value is -2.38. The van der Waals surface area contributed by atoms with E-state index in [1.165, 1.54) is 5.70 Å². The Kier molecular flexibility index (Phi) is 4.88. The van der Waals surface area contributed by atoms with Crippen LogP contribution in [0.3, 0.4) is 0 Å². The molecule has 0 aliphatic carbocycles. The number of nitrogens with zero attached hydrogens (tertiary/aromatic N) is 2. The molecule has 27 heavy (non-hydrogen) atoms. The molecular weight excluding hydrogens is 376 g/mol. The minimum atomic E-state index is 0.00298. The highest BCUT2D eigenvalue weighted by atomic mass is 32.1. The predicted molar refractivity (Wildman–Crippen MR) is 115 cm³/mol. The average Bonchev–Trinajstić information content (AvgIpc) is 3.21. The number of aromatic nitrogens is 2. The van der Waals surface area contributed by atoms with E-state index in [-0.39, 0.29) is 5.56 Å². The maximum atomic E-state index is 13.3. The number of hydrogen-bond acceptors (Lipinski definition) is 5. The number of fused-ring (bicyclic) bond motifs is 1. The average molecular weight is 399 g/mol. The summed E-state index contributed by atoms with van der Waals surface area (Å²) >= 11 is 7.07. The zero-order chi connectivity index (χ0) is 19.0. The van der Waals surface area contributed by atoms with Crippen molar-refractivity contribution >= 4 is 33.8 Å². The summed E-state index contributed by atoms with van der Waals surface area (Å²) < 4.78 is 2.20. The van der Waals surface area contributed by atoms with Crippen LogP contribution in [0.1, 0.15) is 18.2 Å². The Balaban J connectivity index is 1.70. The highest BCUT2D eigenvalue weighted by molar-refractivity contribution is 7.71. The van der Waals surface area contributed by atoms with Gasteiger partial charge in [0.05, 0.1) is 12.1 Å². The molecule has 0 unspecified atom stereocenters. The lowest BCUT2D eigenvalue weighted by atomic mass is 10.0. The van der Waals surface area contributed by atoms with E-state index in [4.69, 9.17) is 12.2 Å². The Bertz CT molecular complexity index is 1120.